The molecule has 17 nitrogen and oxygen atoms in total. The third kappa shape index (κ3) is 9.38. The molecule has 4 aliphatic heterocycles. The maximum Gasteiger partial charge on any atom is 0.264 e. The minimum absolute atomic E-state index is 0.00577. The van der Waals surface area contributed by atoms with Gasteiger partial charge in [0.25, 0.3) is 12.3 Å². The number of anilines is 3. The highest BCUT2D eigenvalue weighted by molar-refractivity contribution is 6.31. The highest BCUT2D eigenvalue weighted by Crippen LogP contribution is 2.56. The number of rotatable bonds is 11. The van der Waals surface area contributed by atoms with Gasteiger partial charge < -0.3 is 29.7 Å². The molecule has 1 saturated carbocycles. The molecule has 2 amide bonds. The number of hydrogen-bond donors (Lipinski definition) is 1. The number of tetrazole rings is 1. The first-order valence-electron chi connectivity index (χ1n) is 25.6. The lowest BCUT2D eigenvalue weighted by atomic mass is 9.49. The van der Waals surface area contributed by atoms with Gasteiger partial charge >= 0.3 is 0 Å². The van der Waals surface area contributed by atoms with Crippen LogP contribution in [0.15, 0.2) is 42.7 Å². The normalized spacial score (nSPS) is 23.9. The van der Waals surface area contributed by atoms with Crippen molar-refractivity contribution in [2.24, 2.45) is 35.6 Å². The lowest BCUT2D eigenvalue weighted by molar-refractivity contribution is -0.164. The zero-order valence-electron chi connectivity index (χ0n) is 42.9. The number of aryl methyl sites for hydroxylation is 2. The van der Waals surface area contributed by atoms with Gasteiger partial charge in [-0.25, -0.2) is 18.7 Å². The summed E-state index contributed by atoms with van der Waals surface area (Å²) in [4.78, 5) is 45.9. The highest BCUT2D eigenvalue weighted by atomic mass is 35.5. The van der Waals surface area contributed by atoms with Crippen molar-refractivity contribution in [1.29, 1.82) is 5.26 Å². The largest absolute Gasteiger partial charge is 0.489 e. The van der Waals surface area contributed by atoms with Crippen LogP contribution in [0.4, 0.5) is 26.2 Å². The van der Waals surface area contributed by atoms with Crippen molar-refractivity contribution in [3.05, 3.63) is 81.3 Å². The predicted molar refractivity (Wildman–Crippen MR) is 272 cm³/mol. The van der Waals surface area contributed by atoms with Crippen LogP contribution in [0, 0.1) is 39.9 Å². The fourth-order valence-electron chi connectivity index (χ4n) is 13.0. The van der Waals surface area contributed by atoms with Gasteiger partial charge in [0, 0.05) is 123 Å². The Morgan fingerprint density at radius 3 is 2.32 bits per heavy atom. The molecule has 10 rings (SSSR count). The molecule has 1 N–H and O–H groups in total. The van der Waals surface area contributed by atoms with E-state index in [0.29, 0.717) is 77.3 Å². The summed E-state index contributed by atoms with van der Waals surface area (Å²) in [6, 6.07) is 10.5. The monoisotopic (exact) mass is 1020 g/mol. The summed E-state index contributed by atoms with van der Waals surface area (Å²) in [6.45, 7) is 20.7. The van der Waals surface area contributed by atoms with E-state index in [2.05, 4.69) is 87.7 Å². The number of carbonyl (C=O) groups is 2. The lowest BCUT2D eigenvalue weighted by Gasteiger charge is -2.63. The number of ether oxygens (including phenoxy) is 1. The van der Waals surface area contributed by atoms with Crippen LogP contribution in [0.2, 0.25) is 5.02 Å². The molecule has 5 aromatic rings. The first-order valence-corrected chi connectivity index (χ1v) is 26.0. The van der Waals surface area contributed by atoms with Crippen LogP contribution in [-0.2, 0) is 31.2 Å². The van der Waals surface area contributed by atoms with Gasteiger partial charge in [0.15, 0.2) is 5.82 Å². The second-order valence-electron chi connectivity index (χ2n) is 22.2. The maximum absolute atomic E-state index is 14.8. The summed E-state index contributed by atoms with van der Waals surface area (Å²) >= 11 is 6.29. The van der Waals surface area contributed by atoms with Crippen LogP contribution >= 0.6 is 11.6 Å². The number of carbonyl (C=O) groups excluding carboxylic acids is 2. The molecule has 386 valence electrons. The number of likely N-dealkylation sites (tertiary alicyclic amines) is 1. The molecule has 3 fully saturated rings. The van der Waals surface area contributed by atoms with Gasteiger partial charge in [0.1, 0.15) is 17.9 Å². The lowest BCUT2D eigenvalue weighted by Crippen LogP contribution is -2.74. The van der Waals surface area contributed by atoms with Crippen LogP contribution in [0.1, 0.15) is 119 Å². The number of nitriles is 1. The molecule has 0 spiro atoms. The summed E-state index contributed by atoms with van der Waals surface area (Å²) in [5, 5.41) is 30.4. The van der Waals surface area contributed by atoms with Gasteiger partial charge in [-0.3, -0.25) is 14.3 Å². The van der Waals surface area contributed by atoms with Gasteiger partial charge in [-0.2, -0.15) is 15.2 Å². The van der Waals surface area contributed by atoms with Gasteiger partial charge in [-0.05, 0) is 78.5 Å². The van der Waals surface area contributed by atoms with Crippen molar-refractivity contribution in [1.82, 2.24) is 55.1 Å². The summed E-state index contributed by atoms with van der Waals surface area (Å²) in [6.07, 6.45) is 4.36. The summed E-state index contributed by atoms with van der Waals surface area (Å²) < 4.78 is 38.2. The molecule has 73 heavy (non-hydrogen) atoms. The van der Waals surface area contributed by atoms with Crippen LogP contribution < -0.4 is 19.9 Å². The Morgan fingerprint density at radius 2 is 1.68 bits per heavy atom. The van der Waals surface area contributed by atoms with E-state index in [1.165, 1.54) is 4.80 Å². The van der Waals surface area contributed by atoms with E-state index >= 15 is 0 Å². The average Bonchev–Trinajstić information content (AvgIpc) is 3.98. The average molecular weight is 1020 g/mol. The van der Waals surface area contributed by atoms with Crippen molar-refractivity contribution in [2.75, 3.05) is 55.6 Å². The van der Waals surface area contributed by atoms with E-state index in [-0.39, 0.29) is 47.0 Å². The molecule has 2 saturated heterocycles. The van der Waals surface area contributed by atoms with Gasteiger partial charge in [-0.15, -0.1) is 10.2 Å². The molecule has 2 aromatic carbocycles. The van der Waals surface area contributed by atoms with Crippen molar-refractivity contribution < 1.29 is 23.1 Å². The van der Waals surface area contributed by atoms with Crippen LogP contribution in [0.3, 0.4) is 0 Å². The minimum atomic E-state index is -2.75. The van der Waals surface area contributed by atoms with Crippen molar-refractivity contribution in [3.63, 3.8) is 0 Å². The Hall–Kier alpha value is -6.26. The molecule has 0 bridgehead atoms. The molecule has 7 heterocycles. The van der Waals surface area contributed by atoms with Crippen LogP contribution in [-0.4, -0.2) is 120 Å². The Balaban J connectivity index is 0.769. The Bertz CT molecular complexity index is 2920. The SMILES string of the molecule is CC(=O)N1CCc2c(c(N3CCCc4cc(-c5nnn(C)n5)c(C(F)F)cc43)nn2C2CCN(CC3[C@H](C)CN(c4ncc(C(=O)NC5C(C)(C)C(Oc6ccc(C#N)c(Cl)c6)C5(C)C)cn4)C[C@@H]3C)CC2)C1. The van der Waals surface area contributed by atoms with Gasteiger partial charge in [0.05, 0.1) is 35.8 Å². The molecule has 1 aliphatic carbocycles. The van der Waals surface area contributed by atoms with E-state index in [1.807, 2.05) is 4.90 Å². The number of benzene rings is 2. The van der Waals surface area contributed by atoms with E-state index in [0.717, 1.165) is 81.0 Å². The minimum Gasteiger partial charge on any atom is -0.489 e. The van der Waals surface area contributed by atoms with E-state index in [4.69, 9.17) is 31.4 Å². The quantitative estimate of drug-likeness (QED) is 0.135. The number of nitrogens with zero attached hydrogens (tertiary/aromatic N) is 13. The van der Waals surface area contributed by atoms with E-state index in [9.17, 15) is 23.6 Å². The molecule has 5 aliphatic rings. The number of piperidine rings is 2. The van der Waals surface area contributed by atoms with Crippen LogP contribution in [0.5, 0.6) is 5.75 Å². The van der Waals surface area contributed by atoms with Gasteiger partial charge in [0.2, 0.25) is 17.7 Å². The molecule has 3 aromatic heterocycles. The zero-order valence-corrected chi connectivity index (χ0v) is 43.7. The van der Waals surface area contributed by atoms with Crippen molar-refractivity contribution >= 4 is 40.9 Å². The fourth-order valence-corrected chi connectivity index (χ4v) is 13.2. The number of aromatic nitrogens is 8. The number of amides is 2. The summed E-state index contributed by atoms with van der Waals surface area (Å²) in [5.74, 6) is 3.12. The third-order valence-corrected chi connectivity index (χ3v) is 16.9. The number of fused-ring (bicyclic) bond motifs is 2. The topological polar surface area (TPSA) is 179 Å². The maximum atomic E-state index is 14.8. The number of hydrogen-bond acceptors (Lipinski definition) is 13. The van der Waals surface area contributed by atoms with E-state index < -0.39 is 17.3 Å². The Kier molecular flexibility index (Phi) is 13.5. The molecule has 0 radical (unpaired) electrons. The Morgan fingerprint density at radius 1 is 0.973 bits per heavy atom. The van der Waals surface area contributed by atoms with Gasteiger partial charge in [-0.1, -0.05) is 53.1 Å². The van der Waals surface area contributed by atoms with Crippen molar-refractivity contribution in [2.45, 2.75) is 112 Å². The predicted octanol–water partition coefficient (Wildman–Crippen LogP) is 7.97. The highest BCUT2D eigenvalue weighted by Gasteiger charge is 2.64. The first-order chi connectivity index (χ1) is 34.8. The number of nitrogens with one attached hydrogen (secondary N) is 1. The molecule has 1 unspecified atom stereocenters. The Labute approximate surface area is 430 Å². The van der Waals surface area contributed by atoms with E-state index in [1.54, 1.807) is 56.7 Å². The standard InChI is InChI=1S/C53H65ClF2N14O3/c1-30-26-68(51-58-24-35(25-59-51)48(72)60-49-52(4,5)50(53(49,6)7)73-37-12-11-34(23-57)42(54)21-37)27-31(2)40(30)28-66-17-13-36(14-18-66)70-43-15-19-67(32(3)71)29-41(43)47(63-70)69-16-9-10-33-20-39(46-61-64-65(8)62-46)38(45(55)56)22-44(33)69/h11-12,20-22,24-25,30-31,36,40,45,49-50H,9-10,13-19,26-29H2,1-8H3,(H,60,72)/t30-,31+,40?,49?,50?. The molecule has 3 atom stereocenters. The third-order valence-electron chi connectivity index (χ3n) is 16.6. The molecule has 20 heteroatoms. The smallest absolute Gasteiger partial charge is 0.264 e. The summed E-state index contributed by atoms with van der Waals surface area (Å²) in [5.41, 5.74) is 3.90. The fraction of sp³-hybridized carbons (Fsp3) is 0.566. The second-order valence-corrected chi connectivity index (χ2v) is 22.6. The van der Waals surface area contributed by atoms with Crippen LogP contribution in [0.25, 0.3) is 11.4 Å². The second kappa shape index (κ2) is 19.5. The first kappa shape index (κ1) is 50.3. The van der Waals surface area contributed by atoms with Crippen molar-refractivity contribution in [3.8, 4) is 23.2 Å². The molecular formula is C53H65ClF2N14O3. The number of halogens is 3. The number of alkyl halides is 2. The zero-order chi connectivity index (χ0) is 51.7. The summed E-state index contributed by atoms with van der Waals surface area (Å²) in [7, 11) is 1.62. The molecular weight excluding hydrogens is 954 g/mol.